The Bertz CT molecular complexity index is 679. The van der Waals surface area contributed by atoms with Crippen molar-refractivity contribution in [2.45, 2.75) is 40.5 Å². The van der Waals surface area contributed by atoms with Crippen LogP contribution in [0.4, 0.5) is 5.69 Å². The van der Waals surface area contributed by atoms with Gasteiger partial charge < -0.3 is 9.84 Å². The van der Waals surface area contributed by atoms with E-state index in [1.54, 1.807) is 24.3 Å². The highest BCUT2D eigenvalue weighted by molar-refractivity contribution is 6.00. The highest BCUT2D eigenvalue weighted by atomic mass is 16.6. The number of nitrogens with zero attached hydrogens (tertiary/aromatic N) is 1. The van der Waals surface area contributed by atoms with E-state index >= 15 is 0 Å². The van der Waals surface area contributed by atoms with Crippen LogP contribution in [0.5, 0.6) is 5.75 Å². The number of benzene rings is 2. The number of aromatic carboxylic acids is 1. The van der Waals surface area contributed by atoms with Gasteiger partial charge in [0.1, 0.15) is 5.75 Å². The Morgan fingerprint density at radius 1 is 1.08 bits per heavy atom. The van der Waals surface area contributed by atoms with Crippen LogP contribution in [0.25, 0.3) is 11.1 Å². The fraction of sp³-hybridized carbons (Fsp3) is 0.350. The number of methoxy groups -OCH3 is 1. The molecule has 0 atom stereocenters. The Morgan fingerprint density at radius 3 is 2.12 bits per heavy atom. The second-order valence-corrected chi connectivity index (χ2v) is 4.96. The minimum Gasteiger partial charge on any atom is -0.496 e. The van der Waals surface area contributed by atoms with Crippen molar-refractivity contribution in [3.8, 4) is 16.9 Å². The second-order valence-electron chi connectivity index (χ2n) is 4.96. The molecule has 0 aliphatic carbocycles. The van der Waals surface area contributed by atoms with Crippen molar-refractivity contribution in [3.05, 3.63) is 58.1 Å². The minimum absolute atomic E-state index is 0.0439. The zero-order valence-electron chi connectivity index (χ0n) is 16.0. The van der Waals surface area contributed by atoms with Crippen LogP contribution in [0.2, 0.25) is 0 Å². The highest BCUT2D eigenvalue weighted by Crippen LogP contribution is 2.38. The van der Waals surface area contributed by atoms with E-state index in [9.17, 15) is 20.0 Å². The molecule has 0 radical (unpaired) electrons. The minimum atomic E-state index is -1.23. The smallest absolute Gasteiger partial charge is 0.336 e. The SMILES string of the molecule is CC.CCCC.COc1ccccc1-c1c(C(=O)O)cccc1[N+](=O)[O-]. The Hall–Kier alpha value is -2.89. The summed E-state index contributed by atoms with van der Waals surface area (Å²) in [6.07, 6.45) is 2.64. The molecule has 142 valence electrons. The van der Waals surface area contributed by atoms with Crippen LogP contribution >= 0.6 is 0 Å². The Labute approximate surface area is 154 Å². The number of nitro benzene ring substituents is 1. The van der Waals surface area contributed by atoms with Gasteiger partial charge in [-0.1, -0.05) is 64.8 Å². The second kappa shape index (κ2) is 12.5. The fourth-order valence-electron chi connectivity index (χ4n) is 2.00. The summed E-state index contributed by atoms with van der Waals surface area (Å²) in [5, 5.41) is 20.4. The first-order valence-corrected chi connectivity index (χ1v) is 8.61. The lowest BCUT2D eigenvalue weighted by atomic mass is 9.97. The fourth-order valence-corrected chi connectivity index (χ4v) is 2.00. The lowest BCUT2D eigenvalue weighted by Gasteiger charge is -2.11. The van der Waals surface area contributed by atoms with E-state index in [0.717, 1.165) is 0 Å². The zero-order chi connectivity index (χ0) is 20.1. The van der Waals surface area contributed by atoms with E-state index in [4.69, 9.17) is 4.74 Å². The maximum Gasteiger partial charge on any atom is 0.336 e. The van der Waals surface area contributed by atoms with E-state index in [-0.39, 0.29) is 16.8 Å². The number of hydrogen-bond donors (Lipinski definition) is 1. The van der Waals surface area contributed by atoms with Crippen LogP contribution in [0.1, 0.15) is 50.9 Å². The van der Waals surface area contributed by atoms with Gasteiger partial charge in [-0.05, 0) is 12.1 Å². The molecule has 6 nitrogen and oxygen atoms in total. The molecule has 6 heteroatoms. The summed E-state index contributed by atoms with van der Waals surface area (Å²) in [6, 6.07) is 10.5. The first-order chi connectivity index (χ1) is 12.5. The van der Waals surface area contributed by atoms with Crippen molar-refractivity contribution in [2.24, 2.45) is 0 Å². The van der Waals surface area contributed by atoms with E-state index in [1.807, 2.05) is 13.8 Å². The third-order valence-corrected chi connectivity index (χ3v) is 3.35. The molecule has 0 unspecified atom stereocenters. The normalized spacial score (nSPS) is 9.12. The molecule has 0 fully saturated rings. The van der Waals surface area contributed by atoms with Gasteiger partial charge in [0.2, 0.25) is 0 Å². The van der Waals surface area contributed by atoms with Crippen molar-refractivity contribution < 1.29 is 19.6 Å². The van der Waals surface area contributed by atoms with E-state index in [2.05, 4.69) is 13.8 Å². The molecule has 0 aromatic heterocycles. The number of ether oxygens (including phenoxy) is 1. The molecule has 1 N–H and O–H groups in total. The Balaban J connectivity index is 0.000000920. The first-order valence-electron chi connectivity index (χ1n) is 8.61. The number of unbranched alkanes of at least 4 members (excludes halogenated alkanes) is 1. The summed E-state index contributed by atoms with van der Waals surface area (Å²) in [5.74, 6) is -0.848. The van der Waals surface area contributed by atoms with Crippen molar-refractivity contribution in [3.63, 3.8) is 0 Å². The average Bonchev–Trinajstić information content (AvgIpc) is 2.68. The van der Waals surface area contributed by atoms with Crippen LogP contribution in [-0.2, 0) is 0 Å². The first kappa shape index (κ1) is 23.1. The van der Waals surface area contributed by atoms with Crippen molar-refractivity contribution in [2.75, 3.05) is 7.11 Å². The van der Waals surface area contributed by atoms with Gasteiger partial charge in [-0.15, -0.1) is 0 Å². The average molecular weight is 361 g/mol. The zero-order valence-corrected chi connectivity index (χ0v) is 16.0. The topological polar surface area (TPSA) is 89.7 Å². The van der Waals surface area contributed by atoms with Crippen molar-refractivity contribution >= 4 is 11.7 Å². The molecular weight excluding hydrogens is 334 g/mol. The number of para-hydroxylation sites is 1. The molecule has 0 spiro atoms. The van der Waals surface area contributed by atoms with Gasteiger partial charge in [-0.2, -0.15) is 0 Å². The summed E-state index contributed by atoms with van der Waals surface area (Å²) in [5.41, 5.74) is 0.0141. The van der Waals surface area contributed by atoms with Gasteiger partial charge in [0.15, 0.2) is 0 Å². The van der Waals surface area contributed by atoms with Gasteiger partial charge >= 0.3 is 5.97 Å². The lowest BCUT2D eigenvalue weighted by molar-refractivity contribution is -0.384. The summed E-state index contributed by atoms with van der Waals surface area (Å²) in [6.45, 7) is 8.36. The van der Waals surface area contributed by atoms with Gasteiger partial charge in [0.05, 0.1) is 23.2 Å². The maximum absolute atomic E-state index is 11.3. The molecule has 2 rings (SSSR count). The summed E-state index contributed by atoms with van der Waals surface area (Å²) in [4.78, 5) is 21.8. The monoisotopic (exact) mass is 361 g/mol. The molecule has 0 heterocycles. The molecule has 2 aromatic rings. The third kappa shape index (κ3) is 6.20. The molecule has 0 aliphatic heterocycles. The number of carboxylic acid groups (broad SMARTS) is 1. The maximum atomic E-state index is 11.3. The molecule has 2 aromatic carbocycles. The predicted molar refractivity (Wildman–Crippen MR) is 104 cm³/mol. The molecular formula is C20H27NO5. The summed E-state index contributed by atoms with van der Waals surface area (Å²) >= 11 is 0. The number of nitro groups is 1. The lowest BCUT2D eigenvalue weighted by Crippen LogP contribution is -2.03. The number of carboxylic acids is 1. The number of rotatable bonds is 5. The molecule has 0 saturated carbocycles. The van der Waals surface area contributed by atoms with Crippen LogP contribution in [0, 0.1) is 10.1 Å². The van der Waals surface area contributed by atoms with E-state index in [0.29, 0.717) is 11.3 Å². The molecule has 0 amide bonds. The largest absolute Gasteiger partial charge is 0.496 e. The summed E-state index contributed by atoms with van der Waals surface area (Å²) in [7, 11) is 1.42. The van der Waals surface area contributed by atoms with E-state index in [1.165, 1.54) is 38.2 Å². The molecule has 26 heavy (non-hydrogen) atoms. The number of carbonyl (C=O) groups is 1. The van der Waals surface area contributed by atoms with Crippen LogP contribution in [0.15, 0.2) is 42.5 Å². The highest BCUT2D eigenvalue weighted by Gasteiger charge is 2.24. The Kier molecular flexibility index (Phi) is 11.1. The van der Waals surface area contributed by atoms with Gasteiger partial charge in [0, 0.05) is 11.6 Å². The van der Waals surface area contributed by atoms with Crippen LogP contribution in [-0.4, -0.2) is 23.1 Å². The summed E-state index contributed by atoms with van der Waals surface area (Å²) < 4.78 is 5.15. The van der Waals surface area contributed by atoms with Crippen LogP contribution < -0.4 is 4.74 Å². The van der Waals surface area contributed by atoms with Gasteiger partial charge in [0.25, 0.3) is 5.69 Å². The standard InChI is InChI=1S/C14H11NO5.C4H10.C2H6/c1-20-12-8-3-2-5-9(12)13-10(14(16)17)6-4-7-11(13)15(18)19;1-3-4-2;1-2/h2-8H,1H3,(H,16,17);3-4H2,1-2H3;1-2H3. The number of hydrogen-bond acceptors (Lipinski definition) is 4. The third-order valence-electron chi connectivity index (χ3n) is 3.35. The van der Waals surface area contributed by atoms with Crippen LogP contribution in [0.3, 0.4) is 0 Å². The van der Waals surface area contributed by atoms with Gasteiger partial charge in [-0.25, -0.2) is 4.79 Å². The molecule has 0 aliphatic rings. The Morgan fingerprint density at radius 2 is 1.65 bits per heavy atom. The predicted octanol–water partition coefficient (Wildman–Crippen LogP) is 5.80. The van der Waals surface area contributed by atoms with Crippen molar-refractivity contribution in [1.29, 1.82) is 0 Å². The molecule has 0 bridgehead atoms. The molecule has 0 saturated heterocycles. The quantitative estimate of drug-likeness (QED) is 0.537. The van der Waals surface area contributed by atoms with Gasteiger partial charge in [-0.3, -0.25) is 10.1 Å². The van der Waals surface area contributed by atoms with Crippen molar-refractivity contribution in [1.82, 2.24) is 0 Å². The van der Waals surface area contributed by atoms with E-state index < -0.39 is 10.9 Å².